The van der Waals surface area contributed by atoms with Gasteiger partial charge in [-0.15, -0.1) is 11.3 Å². The highest BCUT2D eigenvalue weighted by atomic mass is 32.1. The molecule has 2 heterocycles. The Bertz CT molecular complexity index is 747. The summed E-state index contributed by atoms with van der Waals surface area (Å²) in [6, 6.07) is 14.0. The first-order valence-corrected chi connectivity index (χ1v) is 8.63. The number of carbonyl (C=O) groups excluding carboxylic acids is 1. The van der Waals surface area contributed by atoms with Gasteiger partial charge in [-0.2, -0.15) is 0 Å². The molecule has 0 bridgehead atoms. The first-order valence-electron chi connectivity index (χ1n) is 7.75. The molecule has 0 saturated heterocycles. The number of benzene rings is 1. The molecule has 3 aromatic rings. The van der Waals surface area contributed by atoms with Gasteiger partial charge in [-0.3, -0.25) is 9.78 Å². The van der Waals surface area contributed by atoms with Gasteiger partial charge in [0.05, 0.1) is 5.41 Å². The molecule has 1 atom stereocenters. The van der Waals surface area contributed by atoms with Gasteiger partial charge >= 0.3 is 0 Å². The summed E-state index contributed by atoms with van der Waals surface area (Å²) in [7, 11) is 0. The zero-order valence-electron chi connectivity index (χ0n) is 13.6. The second kappa shape index (κ2) is 6.93. The Morgan fingerprint density at radius 2 is 1.71 bits per heavy atom. The maximum Gasteiger partial charge on any atom is 0.232 e. The van der Waals surface area contributed by atoms with Crippen molar-refractivity contribution < 1.29 is 4.79 Å². The predicted octanol–water partition coefficient (Wildman–Crippen LogP) is 4.33. The quantitative estimate of drug-likeness (QED) is 0.754. The van der Waals surface area contributed by atoms with Crippen molar-refractivity contribution in [3.8, 4) is 0 Å². The summed E-state index contributed by atoms with van der Waals surface area (Å²) in [6.07, 6.45) is 5.21. The van der Waals surface area contributed by atoms with Gasteiger partial charge in [0.2, 0.25) is 5.91 Å². The van der Waals surface area contributed by atoms with Gasteiger partial charge in [0.1, 0.15) is 0 Å². The fraction of sp³-hybridized carbons (Fsp3) is 0.211. The number of rotatable bonds is 5. The highest BCUT2D eigenvalue weighted by Crippen LogP contribution is 2.41. The monoisotopic (exact) mass is 337 g/mol. The second-order valence-electron chi connectivity index (χ2n) is 6.14. The SMILES string of the molecule is CC(C)(C(=O)Nc1nccs1)C(c1ccccc1)c1ccncc1. The van der Waals surface area contributed by atoms with E-state index >= 15 is 0 Å². The minimum absolute atomic E-state index is 0.0527. The molecule has 4 nitrogen and oxygen atoms in total. The van der Waals surface area contributed by atoms with Crippen molar-refractivity contribution in [1.82, 2.24) is 9.97 Å². The molecule has 1 amide bonds. The summed E-state index contributed by atoms with van der Waals surface area (Å²) >= 11 is 1.42. The molecule has 5 heteroatoms. The molecule has 1 N–H and O–H groups in total. The molecule has 1 unspecified atom stereocenters. The van der Waals surface area contributed by atoms with Crippen LogP contribution >= 0.6 is 11.3 Å². The average molecular weight is 337 g/mol. The lowest BCUT2D eigenvalue weighted by Gasteiger charge is -2.33. The van der Waals surface area contributed by atoms with Crippen LogP contribution in [-0.2, 0) is 4.79 Å². The van der Waals surface area contributed by atoms with Crippen LogP contribution in [0.2, 0.25) is 0 Å². The van der Waals surface area contributed by atoms with Crippen LogP contribution in [0.3, 0.4) is 0 Å². The molecule has 122 valence electrons. The van der Waals surface area contributed by atoms with Crippen LogP contribution in [0.25, 0.3) is 0 Å². The average Bonchev–Trinajstić information content (AvgIpc) is 3.10. The minimum atomic E-state index is -0.658. The number of nitrogens with one attached hydrogen (secondary N) is 1. The van der Waals surface area contributed by atoms with E-state index in [2.05, 4.69) is 27.4 Å². The molecule has 0 saturated carbocycles. The predicted molar refractivity (Wildman–Crippen MR) is 97.0 cm³/mol. The lowest BCUT2D eigenvalue weighted by molar-refractivity contribution is -0.124. The van der Waals surface area contributed by atoms with Crippen LogP contribution < -0.4 is 5.32 Å². The van der Waals surface area contributed by atoms with Crippen LogP contribution in [0, 0.1) is 5.41 Å². The summed E-state index contributed by atoms with van der Waals surface area (Å²) in [5, 5.41) is 5.40. The maximum atomic E-state index is 13.0. The van der Waals surface area contributed by atoms with E-state index in [1.54, 1.807) is 18.6 Å². The Labute approximate surface area is 145 Å². The third-order valence-corrected chi connectivity index (χ3v) is 4.82. The minimum Gasteiger partial charge on any atom is -0.301 e. The number of hydrogen-bond donors (Lipinski definition) is 1. The topological polar surface area (TPSA) is 54.9 Å². The fourth-order valence-electron chi connectivity index (χ4n) is 2.90. The van der Waals surface area contributed by atoms with E-state index in [-0.39, 0.29) is 11.8 Å². The van der Waals surface area contributed by atoms with E-state index in [1.807, 2.05) is 49.6 Å². The molecular weight excluding hydrogens is 318 g/mol. The second-order valence-corrected chi connectivity index (χ2v) is 7.03. The summed E-state index contributed by atoms with van der Waals surface area (Å²) in [6.45, 7) is 3.93. The normalized spacial score (nSPS) is 12.6. The van der Waals surface area contributed by atoms with Gasteiger partial charge in [-0.1, -0.05) is 44.2 Å². The molecule has 0 aliphatic rings. The third kappa shape index (κ3) is 3.36. The highest BCUT2D eigenvalue weighted by molar-refractivity contribution is 7.13. The van der Waals surface area contributed by atoms with Crippen molar-refractivity contribution in [3.05, 3.63) is 77.6 Å². The number of nitrogens with zero attached hydrogens (tertiary/aromatic N) is 2. The van der Waals surface area contributed by atoms with Crippen molar-refractivity contribution in [2.24, 2.45) is 5.41 Å². The number of aromatic nitrogens is 2. The van der Waals surface area contributed by atoms with E-state index in [0.29, 0.717) is 5.13 Å². The van der Waals surface area contributed by atoms with Crippen LogP contribution in [0.1, 0.15) is 30.9 Å². The van der Waals surface area contributed by atoms with Crippen molar-refractivity contribution in [1.29, 1.82) is 0 Å². The van der Waals surface area contributed by atoms with Crippen molar-refractivity contribution in [2.45, 2.75) is 19.8 Å². The summed E-state index contributed by atoms with van der Waals surface area (Å²) in [5.41, 5.74) is 1.51. The molecule has 0 fully saturated rings. The summed E-state index contributed by atoms with van der Waals surface area (Å²) in [5.74, 6) is -0.134. The van der Waals surface area contributed by atoms with Crippen LogP contribution in [0.5, 0.6) is 0 Å². The van der Waals surface area contributed by atoms with Gasteiger partial charge in [0.15, 0.2) is 5.13 Å². The summed E-state index contributed by atoms with van der Waals surface area (Å²) < 4.78 is 0. The molecule has 3 rings (SSSR count). The van der Waals surface area contributed by atoms with Crippen LogP contribution in [0.15, 0.2) is 66.4 Å². The Morgan fingerprint density at radius 1 is 1.04 bits per heavy atom. The van der Waals surface area contributed by atoms with E-state index in [9.17, 15) is 4.79 Å². The number of hydrogen-bond acceptors (Lipinski definition) is 4. The summed E-state index contributed by atoms with van der Waals surface area (Å²) in [4.78, 5) is 21.2. The van der Waals surface area contributed by atoms with Crippen molar-refractivity contribution in [2.75, 3.05) is 5.32 Å². The van der Waals surface area contributed by atoms with Gasteiger partial charge in [-0.05, 0) is 23.3 Å². The Morgan fingerprint density at radius 3 is 2.33 bits per heavy atom. The molecule has 0 radical (unpaired) electrons. The zero-order valence-corrected chi connectivity index (χ0v) is 14.5. The molecule has 0 spiro atoms. The van der Waals surface area contributed by atoms with Crippen molar-refractivity contribution >= 4 is 22.4 Å². The first-order chi connectivity index (χ1) is 11.6. The molecule has 24 heavy (non-hydrogen) atoms. The van der Waals surface area contributed by atoms with Gasteiger partial charge < -0.3 is 5.32 Å². The van der Waals surface area contributed by atoms with Crippen LogP contribution in [-0.4, -0.2) is 15.9 Å². The smallest absolute Gasteiger partial charge is 0.232 e. The fourth-order valence-corrected chi connectivity index (χ4v) is 3.43. The lowest BCUT2D eigenvalue weighted by Crippen LogP contribution is -2.37. The number of carbonyl (C=O) groups is 1. The Balaban J connectivity index is 1.99. The van der Waals surface area contributed by atoms with E-state index in [0.717, 1.165) is 11.1 Å². The lowest BCUT2D eigenvalue weighted by atomic mass is 9.71. The Kier molecular flexibility index (Phi) is 4.71. The Hall–Kier alpha value is -2.53. The van der Waals surface area contributed by atoms with E-state index in [1.165, 1.54) is 11.3 Å². The highest BCUT2D eigenvalue weighted by Gasteiger charge is 2.39. The number of thiazole rings is 1. The number of pyridine rings is 1. The zero-order chi connectivity index (χ0) is 17.0. The number of amides is 1. The molecule has 1 aromatic carbocycles. The molecule has 2 aromatic heterocycles. The van der Waals surface area contributed by atoms with Gasteiger partial charge in [-0.25, -0.2) is 4.98 Å². The van der Waals surface area contributed by atoms with Gasteiger partial charge in [0, 0.05) is 29.9 Å². The third-order valence-electron chi connectivity index (χ3n) is 4.13. The van der Waals surface area contributed by atoms with Gasteiger partial charge in [0.25, 0.3) is 0 Å². The standard InChI is InChI=1S/C19H19N3OS/c1-19(2,17(23)22-18-21-12-13-24-18)16(14-6-4-3-5-7-14)15-8-10-20-11-9-15/h3-13,16H,1-2H3,(H,21,22,23). The number of anilines is 1. The largest absolute Gasteiger partial charge is 0.301 e. The van der Waals surface area contributed by atoms with Crippen molar-refractivity contribution in [3.63, 3.8) is 0 Å². The first kappa shape index (κ1) is 16.3. The van der Waals surface area contributed by atoms with E-state index < -0.39 is 5.41 Å². The maximum absolute atomic E-state index is 13.0. The van der Waals surface area contributed by atoms with Crippen LogP contribution in [0.4, 0.5) is 5.13 Å². The van der Waals surface area contributed by atoms with E-state index in [4.69, 9.17) is 0 Å². The molecular formula is C19H19N3OS. The molecule has 0 aliphatic heterocycles. The molecule has 0 aliphatic carbocycles.